The molecule has 1 amide bonds. The van der Waals surface area contributed by atoms with Crippen LogP contribution in [0.25, 0.3) is 0 Å². The number of nitrogens with zero attached hydrogens (tertiary/aromatic N) is 2. The highest BCUT2D eigenvalue weighted by molar-refractivity contribution is 5.95. The molecule has 0 saturated heterocycles. The highest BCUT2D eigenvalue weighted by Gasteiger charge is 2.25. The van der Waals surface area contributed by atoms with E-state index in [1.165, 1.54) is 5.69 Å². The van der Waals surface area contributed by atoms with Crippen molar-refractivity contribution in [3.05, 3.63) is 41.2 Å². The largest absolute Gasteiger partial charge is 0.490 e. The van der Waals surface area contributed by atoms with Gasteiger partial charge in [0, 0.05) is 23.9 Å². The molecule has 0 radical (unpaired) electrons. The number of rotatable bonds is 7. The fourth-order valence-electron chi connectivity index (χ4n) is 3.35. The summed E-state index contributed by atoms with van der Waals surface area (Å²) in [5.74, 6) is 1.19. The highest BCUT2D eigenvalue weighted by atomic mass is 16.5. The second-order valence-corrected chi connectivity index (χ2v) is 6.53. The van der Waals surface area contributed by atoms with Gasteiger partial charge < -0.3 is 14.8 Å². The standard InChI is InChI=1S/C20H27N3O3/c1-4-11-26-18-10-9-14(12-19(18)25-5-2)20(24)22-16-7-6-8-17-15(16)13-21-23(17)3/h9-10,12-13,16H,4-8,11H2,1-3H3,(H,22,24). The van der Waals surface area contributed by atoms with E-state index in [2.05, 4.69) is 17.3 Å². The maximum absolute atomic E-state index is 12.8. The molecule has 0 aliphatic heterocycles. The molecule has 26 heavy (non-hydrogen) atoms. The smallest absolute Gasteiger partial charge is 0.251 e. The molecule has 1 unspecified atom stereocenters. The number of carbonyl (C=O) groups is 1. The lowest BCUT2D eigenvalue weighted by molar-refractivity contribution is 0.0932. The van der Waals surface area contributed by atoms with Crippen LogP contribution in [0.5, 0.6) is 11.5 Å². The van der Waals surface area contributed by atoms with Crippen LogP contribution < -0.4 is 14.8 Å². The third-order valence-corrected chi connectivity index (χ3v) is 4.65. The van der Waals surface area contributed by atoms with Crippen LogP contribution in [0.4, 0.5) is 0 Å². The summed E-state index contributed by atoms with van der Waals surface area (Å²) in [4.78, 5) is 12.8. The van der Waals surface area contributed by atoms with Crippen LogP contribution in [0.15, 0.2) is 24.4 Å². The SMILES string of the molecule is CCCOc1ccc(C(=O)NC2CCCc3c2cnn3C)cc1OCC. The van der Waals surface area contributed by atoms with E-state index in [9.17, 15) is 4.79 Å². The Balaban J connectivity index is 1.76. The Morgan fingerprint density at radius 3 is 2.92 bits per heavy atom. The number of aromatic nitrogens is 2. The van der Waals surface area contributed by atoms with Crippen LogP contribution in [0.2, 0.25) is 0 Å². The van der Waals surface area contributed by atoms with Crippen molar-refractivity contribution in [2.45, 2.75) is 45.6 Å². The minimum atomic E-state index is -0.102. The molecule has 140 valence electrons. The first-order valence-corrected chi connectivity index (χ1v) is 9.35. The molecule has 2 aromatic rings. The second-order valence-electron chi connectivity index (χ2n) is 6.53. The fraction of sp³-hybridized carbons (Fsp3) is 0.500. The topological polar surface area (TPSA) is 65.4 Å². The number of ether oxygens (including phenoxy) is 2. The molecule has 1 atom stereocenters. The third kappa shape index (κ3) is 3.84. The lowest BCUT2D eigenvalue weighted by atomic mass is 9.92. The molecular formula is C20H27N3O3. The summed E-state index contributed by atoms with van der Waals surface area (Å²) in [6, 6.07) is 5.37. The van der Waals surface area contributed by atoms with Crippen molar-refractivity contribution in [2.24, 2.45) is 7.05 Å². The molecule has 1 aliphatic carbocycles. The van der Waals surface area contributed by atoms with E-state index in [0.717, 1.165) is 31.2 Å². The Hall–Kier alpha value is -2.50. The summed E-state index contributed by atoms with van der Waals surface area (Å²) in [5, 5.41) is 7.48. The number of fused-ring (bicyclic) bond motifs is 1. The second kappa shape index (κ2) is 8.25. The number of aryl methyl sites for hydroxylation is 1. The molecule has 3 rings (SSSR count). The quantitative estimate of drug-likeness (QED) is 0.825. The van der Waals surface area contributed by atoms with E-state index in [4.69, 9.17) is 9.47 Å². The zero-order valence-electron chi connectivity index (χ0n) is 15.7. The monoisotopic (exact) mass is 357 g/mol. The summed E-state index contributed by atoms with van der Waals surface area (Å²) >= 11 is 0. The van der Waals surface area contributed by atoms with Gasteiger partial charge in [-0.25, -0.2) is 0 Å². The van der Waals surface area contributed by atoms with E-state index in [0.29, 0.717) is 30.3 Å². The molecule has 0 fully saturated rings. The van der Waals surface area contributed by atoms with Crippen molar-refractivity contribution in [1.82, 2.24) is 15.1 Å². The van der Waals surface area contributed by atoms with Crippen LogP contribution in [0, 0.1) is 0 Å². The van der Waals surface area contributed by atoms with Crippen molar-refractivity contribution in [3.8, 4) is 11.5 Å². The van der Waals surface area contributed by atoms with Gasteiger partial charge in [0.25, 0.3) is 5.91 Å². The predicted octanol–water partition coefficient (Wildman–Crippen LogP) is 3.42. The first-order valence-electron chi connectivity index (χ1n) is 9.35. The number of hydrogen-bond acceptors (Lipinski definition) is 4. The number of nitrogens with one attached hydrogen (secondary N) is 1. The summed E-state index contributed by atoms with van der Waals surface area (Å²) in [5.41, 5.74) is 2.91. The maximum Gasteiger partial charge on any atom is 0.251 e. The van der Waals surface area contributed by atoms with Gasteiger partial charge in [-0.1, -0.05) is 6.92 Å². The van der Waals surface area contributed by atoms with Gasteiger partial charge in [-0.05, 0) is 50.8 Å². The van der Waals surface area contributed by atoms with Crippen LogP contribution in [-0.4, -0.2) is 28.9 Å². The van der Waals surface area contributed by atoms with E-state index >= 15 is 0 Å². The van der Waals surface area contributed by atoms with Gasteiger partial charge in [0.2, 0.25) is 0 Å². The molecule has 0 bridgehead atoms. The minimum Gasteiger partial charge on any atom is -0.490 e. The number of amides is 1. The number of carbonyl (C=O) groups excluding carboxylic acids is 1. The van der Waals surface area contributed by atoms with Crippen molar-refractivity contribution >= 4 is 5.91 Å². The molecule has 1 aromatic carbocycles. The molecule has 6 nitrogen and oxygen atoms in total. The molecule has 1 heterocycles. The Kier molecular flexibility index (Phi) is 5.81. The zero-order chi connectivity index (χ0) is 18.5. The first kappa shape index (κ1) is 18.3. The average Bonchev–Trinajstić information content (AvgIpc) is 3.03. The zero-order valence-corrected chi connectivity index (χ0v) is 15.7. The predicted molar refractivity (Wildman–Crippen MR) is 99.8 cm³/mol. The third-order valence-electron chi connectivity index (χ3n) is 4.65. The molecule has 1 N–H and O–H groups in total. The Morgan fingerprint density at radius 1 is 1.31 bits per heavy atom. The summed E-state index contributed by atoms with van der Waals surface area (Å²) in [6.45, 7) is 5.12. The number of hydrogen-bond donors (Lipinski definition) is 1. The van der Waals surface area contributed by atoms with Crippen molar-refractivity contribution in [3.63, 3.8) is 0 Å². The van der Waals surface area contributed by atoms with Crippen LogP contribution in [-0.2, 0) is 13.5 Å². The van der Waals surface area contributed by atoms with Gasteiger partial charge in [-0.2, -0.15) is 5.10 Å². The normalized spacial score (nSPS) is 16.0. The Bertz CT molecular complexity index is 770. The Morgan fingerprint density at radius 2 is 2.15 bits per heavy atom. The number of benzene rings is 1. The lowest BCUT2D eigenvalue weighted by Gasteiger charge is -2.24. The van der Waals surface area contributed by atoms with Crippen molar-refractivity contribution in [2.75, 3.05) is 13.2 Å². The van der Waals surface area contributed by atoms with Gasteiger partial charge >= 0.3 is 0 Å². The average molecular weight is 357 g/mol. The van der Waals surface area contributed by atoms with Crippen LogP contribution in [0.1, 0.15) is 60.8 Å². The molecular weight excluding hydrogens is 330 g/mol. The van der Waals surface area contributed by atoms with E-state index in [-0.39, 0.29) is 11.9 Å². The van der Waals surface area contributed by atoms with Gasteiger partial charge in [-0.3, -0.25) is 9.48 Å². The van der Waals surface area contributed by atoms with Gasteiger partial charge in [0.05, 0.1) is 25.5 Å². The van der Waals surface area contributed by atoms with E-state index < -0.39 is 0 Å². The lowest BCUT2D eigenvalue weighted by Crippen LogP contribution is -2.31. The molecule has 0 spiro atoms. The van der Waals surface area contributed by atoms with Gasteiger partial charge in [-0.15, -0.1) is 0 Å². The highest BCUT2D eigenvalue weighted by Crippen LogP contribution is 2.31. The van der Waals surface area contributed by atoms with Crippen molar-refractivity contribution in [1.29, 1.82) is 0 Å². The van der Waals surface area contributed by atoms with Crippen molar-refractivity contribution < 1.29 is 14.3 Å². The van der Waals surface area contributed by atoms with E-state index in [1.807, 2.05) is 30.9 Å². The summed E-state index contributed by atoms with van der Waals surface area (Å²) in [7, 11) is 1.95. The molecule has 6 heteroatoms. The maximum atomic E-state index is 12.8. The van der Waals surface area contributed by atoms with Crippen LogP contribution in [0.3, 0.4) is 0 Å². The van der Waals surface area contributed by atoms with E-state index in [1.54, 1.807) is 12.1 Å². The first-order chi connectivity index (χ1) is 12.6. The van der Waals surface area contributed by atoms with Crippen LogP contribution >= 0.6 is 0 Å². The fourth-order valence-corrected chi connectivity index (χ4v) is 3.35. The Labute approximate surface area is 154 Å². The minimum absolute atomic E-state index is 0.00603. The molecule has 1 aliphatic rings. The molecule has 0 saturated carbocycles. The van der Waals surface area contributed by atoms with Gasteiger partial charge in [0.15, 0.2) is 11.5 Å². The summed E-state index contributed by atoms with van der Waals surface area (Å²) < 4.78 is 13.3. The van der Waals surface area contributed by atoms with Gasteiger partial charge in [0.1, 0.15) is 0 Å². The molecule has 1 aromatic heterocycles. The summed E-state index contributed by atoms with van der Waals surface area (Å²) in [6.07, 6.45) is 5.78.